The van der Waals surface area contributed by atoms with Crippen molar-refractivity contribution in [1.29, 1.82) is 0 Å². The topological polar surface area (TPSA) is 51.4 Å². The molecule has 2 N–H and O–H groups in total. The number of likely N-dealkylation sites (N-methyl/N-ethyl adjacent to an activating group) is 1. The molecule has 1 aliphatic rings. The van der Waals surface area contributed by atoms with E-state index in [9.17, 15) is 0 Å². The molecule has 1 aliphatic heterocycles. The highest BCUT2D eigenvalue weighted by atomic mass is 32.1. The monoisotopic (exact) mass is 255 g/mol. The van der Waals surface area contributed by atoms with Crippen LogP contribution in [-0.2, 0) is 16.7 Å². The molecule has 1 fully saturated rings. The van der Waals surface area contributed by atoms with Gasteiger partial charge in [-0.15, -0.1) is 11.3 Å². The Balaban J connectivity index is 2.01. The van der Waals surface area contributed by atoms with Crippen molar-refractivity contribution in [2.75, 3.05) is 33.9 Å². The third-order valence-corrected chi connectivity index (χ3v) is 4.13. The van der Waals surface area contributed by atoms with Crippen LogP contribution in [0.15, 0.2) is 5.38 Å². The second-order valence-electron chi connectivity index (χ2n) is 4.95. The summed E-state index contributed by atoms with van der Waals surface area (Å²) in [6.45, 7) is 2.54. The summed E-state index contributed by atoms with van der Waals surface area (Å²) in [6, 6.07) is 0. The van der Waals surface area contributed by atoms with E-state index in [0.717, 1.165) is 44.7 Å². The summed E-state index contributed by atoms with van der Waals surface area (Å²) in [7, 11) is 4.16. The van der Waals surface area contributed by atoms with Gasteiger partial charge >= 0.3 is 0 Å². The van der Waals surface area contributed by atoms with Crippen molar-refractivity contribution in [2.24, 2.45) is 5.73 Å². The Morgan fingerprint density at radius 1 is 1.47 bits per heavy atom. The molecule has 1 saturated heterocycles. The molecular weight excluding hydrogens is 234 g/mol. The largest absolute Gasteiger partial charge is 0.381 e. The van der Waals surface area contributed by atoms with Crippen LogP contribution in [0.2, 0.25) is 0 Å². The van der Waals surface area contributed by atoms with Crippen molar-refractivity contribution in [1.82, 2.24) is 9.88 Å². The highest BCUT2D eigenvalue weighted by Crippen LogP contribution is 2.30. The van der Waals surface area contributed by atoms with Crippen LogP contribution in [0.25, 0.3) is 0 Å². The molecule has 0 atom stereocenters. The second-order valence-corrected chi connectivity index (χ2v) is 5.89. The Labute approximate surface area is 107 Å². The second kappa shape index (κ2) is 5.44. The van der Waals surface area contributed by atoms with Gasteiger partial charge in [-0.1, -0.05) is 0 Å². The Kier molecular flexibility index (Phi) is 4.14. The first-order valence-corrected chi connectivity index (χ1v) is 6.94. The molecule has 4 nitrogen and oxygen atoms in total. The summed E-state index contributed by atoms with van der Waals surface area (Å²) in [4.78, 5) is 6.86. The fourth-order valence-electron chi connectivity index (χ4n) is 1.97. The summed E-state index contributed by atoms with van der Waals surface area (Å²) >= 11 is 1.73. The molecule has 1 aromatic heterocycles. The van der Waals surface area contributed by atoms with E-state index >= 15 is 0 Å². The molecule has 0 aliphatic carbocycles. The molecule has 0 aromatic carbocycles. The molecule has 0 unspecified atom stereocenters. The number of hydrogen-bond acceptors (Lipinski definition) is 5. The minimum absolute atomic E-state index is 0.259. The van der Waals surface area contributed by atoms with E-state index in [-0.39, 0.29) is 5.54 Å². The molecule has 96 valence electrons. The van der Waals surface area contributed by atoms with Crippen LogP contribution in [0.1, 0.15) is 23.5 Å². The fraction of sp³-hybridized carbons (Fsp3) is 0.750. The summed E-state index contributed by atoms with van der Waals surface area (Å²) in [5.41, 5.74) is 7.20. The zero-order valence-corrected chi connectivity index (χ0v) is 11.4. The third-order valence-electron chi connectivity index (χ3n) is 3.22. The smallest absolute Gasteiger partial charge is 0.0941 e. The van der Waals surface area contributed by atoms with E-state index < -0.39 is 0 Å². The Hall–Kier alpha value is -0.490. The van der Waals surface area contributed by atoms with Crippen LogP contribution in [0, 0.1) is 0 Å². The van der Waals surface area contributed by atoms with Crippen LogP contribution >= 0.6 is 11.3 Å². The molecule has 2 rings (SSSR count). The lowest BCUT2D eigenvalue weighted by Crippen LogP contribution is -2.42. The number of nitrogens with zero attached hydrogens (tertiary/aromatic N) is 2. The molecular formula is C12H21N3OS. The highest BCUT2D eigenvalue weighted by molar-refractivity contribution is 7.09. The molecule has 0 spiro atoms. The molecule has 0 amide bonds. The van der Waals surface area contributed by atoms with Gasteiger partial charge in [0, 0.05) is 31.6 Å². The molecule has 0 bridgehead atoms. The quantitative estimate of drug-likeness (QED) is 0.878. The maximum absolute atomic E-state index is 6.40. The van der Waals surface area contributed by atoms with Crippen LogP contribution < -0.4 is 5.73 Å². The van der Waals surface area contributed by atoms with E-state index in [0.29, 0.717) is 0 Å². The lowest BCUT2D eigenvalue weighted by Gasteiger charge is -2.31. The van der Waals surface area contributed by atoms with Crippen molar-refractivity contribution in [2.45, 2.75) is 24.8 Å². The number of rotatable bonds is 4. The Morgan fingerprint density at radius 3 is 2.82 bits per heavy atom. The van der Waals surface area contributed by atoms with Gasteiger partial charge in [0.2, 0.25) is 0 Å². The fourth-order valence-corrected chi connectivity index (χ4v) is 2.86. The number of thiazole rings is 1. The van der Waals surface area contributed by atoms with Crippen LogP contribution in [0.3, 0.4) is 0 Å². The third kappa shape index (κ3) is 3.25. The van der Waals surface area contributed by atoms with Crippen molar-refractivity contribution in [3.63, 3.8) is 0 Å². The lowest BCUT2D eigenvalue weighted by atomic mass is 9.88. The molecule has 1 aromatic rings. The summed E-state index contributed by atoms with van der Waals surface area (Å²) < 4.78 is 5.36. The van der Waals surface area contributed by atoms with E-state index in [1.807, 2.05) is 0 Å². The van der Waals surface area contributed by atoms with Crippen molar-refractivity contribution in [3.8, 4) is 0 Å². The number of hydrogen-bond donors (Lipinski definition) is 1. The zero-order valence-electron chi connectivity index (χ0n) is 10.6. The maximum atomic E-state index is 6.40. The predicted octanol–water partition coefficient (Wildman–Crippen LogP) is 1.21. The normalized spacial score (nSPS) is 19.8. The minimum atomic E-state index is -0.259. The van der Waals surface area contributed by atoms with Gasteiger partial charge < -0.3 is 15.4 Å². The lowest BCUT2D eigenvalue weighted by molar-refractivity contribution is 0.0509. The minimum Gasteiger partial charge on any atom is -0.381 e. The number of ether oxygens (including phenoxy) is 1. The molecule has 2 heterocycles. The van der Waals surface area contributed by atoms with Crippen molar-refractivity contribution in [3.05, 3.63) is 16.1 Å². The first-order valence-electron chi connectivity index (χ1n) is 6.06. The van der Waals surface area contributed by atoms with Crippen LogP contribution in [0.5, 0.6) is 0 Å². The van der Waals surface area contributed by atoms with Crippen LogP contribution in [-0.4, -0.2) is 43.7 Å². The molecule has 0 radical (unpaired) electrons. The van der Waals surface area contributed by atoms with Gasteiger partial charge in [-0.25, -0.2) is 4.98 Å². The maximum Gasteiger partial charge on any atom is 0.0941 e. The van der Waals surface area contributed by atoms with E-state index in [4.69, 9.17) is 10.5 Å². The first kappa shape index (κ1) is 13.0. The van der Waals surface area contributed by atoms with Gasteiger partial charge in [0.05, 0.1) is 16.2 Å². The van der Waals surface area contributed by atoms with Gasteiger partial charge in [0.25, 0.3) is 0 Å². The average Bonchev–Trinajstić information content (AvgIpc) is 2.76. The number of aromatic nitrogens is 1. The summed E-state index contributed by atoms with van der Waals surface area (Å²) in [6.07, 6.45) is 2.76. The SMILES string of the molecule is CN(C)CCc1nc(C2(N)CCOCC2)cs1. The average molecular weight is 255 g/mol. The summed E-state index contributed by atoms with van der Waals surface area (Å²) in [5, 5.41) is 3.31. The van der Waals surface area contributed by atoms with Crippen molar-refractivity contribution < 1.29 is 4.74 Å². The predicted molar refractivity (Wildman–Crippen MR) is 70.3 cm³/mol. The van der Waals surface area contributed by atoms with Crippen LogP contribution in [0.4, 0.5) is 0 Å². The Bertz CT molecular complexity index is 358. The van der Waals surface area contributed by atoms with Gasteiger partial charge in [-0.2, -0.15) is 0 Å². The van der Waals surface area contributed by atoms with Gasteiger partial charge in [0.15, 0.2) is 0 Å². The Morgan fingerprint density at radius 2 is 2.18 bits per heavy atom. The molecule has 0 saturated carbocycles. The van der Waals surface area contributed by atoms with E-state index in [1.54, 1.807) is 11.3 Å². The first-order chi connectivity index (χ1) is 8.10. The van der Waals surface area contributed by atoms with Gasteiger partial charge in [-0.05, 0) is 26.9 Å². The number of nitrogens with two attached hydrogens (primary N) is 1. The molecule has 17 heavy (non-hydrogen) atoms. The van der Waals surface area contributed by atoms with Gasteiger partial charge in [-0.3, -0.25) is 0 Å². The van der Waals surface area contributed by atoms with E-state index in [2.05, 4.69) is 29.4 Å². The van der Waals surface area contributed by atoms with Gasteiger partial charge in [0.1, 0.15) is 0 Å². The molecule has 5 heteroatoms. The van der Waals surface area contributed by atoms with Crippen molar-refractivity contribution >= 4 is 11.3 Å². The summed E-state index contributed by atoms with van der Waals surface area (Å²) in [5.74, 6) is 0. The highest BCUT2D eigenvalue weighted by Gasteiger charge is 2.32. The zero-order chi connectivity index (χ0) is 12.3. The standard InChI is InChI=1S/C12H21N3OS/c1-15(2)6-3-11-14-10(9-17-11)12(13)4-7-16-8-5-12/h9H,3-8,13H2,1-2H3. The van der Waals surface area contributed by atoms with E-state index in [1.165, 1.54) is 5.01 Å².